The molecule has 0 aromatic heterocycles. The summed E-state index contributed by atoms with van der Waals surface area (Å²) in [6.45, 7) is 4.71. The molecular weight excluding hydrogens is 363 g/mol. The van der Waals surface area contributed by atoms with Gasteiger partial charge in [-0.1, -0.05) is 29.3 Å². The summed E-state index contributed by atoms with van der Waals surface area (Å²) in [7, 11) is 2.10. The molecule has 0 radical (unpaired) electrons. The highest BCUT2D eigenvalue weighted by molar-refractivity contribution is 6.44. The van der Waals surface area contributed by atoms with Crippen LogP contribution in [0.2, 0.25) is 0 Å². The van der Waals surface area contributed by atoms with Crippen LogP contribution in [0.4, 0.5) is 0 Å². The van der Waals surface area contributed by atoms with Crippen LogP contribution in [-0.4, -0.2) is 79.6 Å². The van der Waals surface area contributed by atoms with Crippen LogP contribution >= 0.6 is 23.2 Å². The second-order valence-corrected chi connectivity index (χ2v) is 7.12. The Morgan fingerprint density at radius 2 is 2.12 bits per heavy atom. The van der Waals surface area contributed by atoms with Crippen molar-refractivity contribution >= 4 is 29.4 Å². The molecule has 1 heterocycles. The number of aliphatic hydroxyl groups excluding tert-OH is 1. The van der Waals surface area contributed by atoms with Crippen LogP contribution in [0.3, 0.4) is 0 Å². The number of aliphatic hydroxyl groups is 1. The van der Waals surface area contributed by atoms with Crippen molar-refractivity contribution in [3.63, 3.8) is 0 Å². The number of hydrogen-bond donors (Lipinski definition) is 2. The van der Waals surface area contributed by atoms with Crippen molar-refractivity contribution in [2.45, 2.75) is 18.6 Å². The molecule has 1 fully saturated rings. The highest BCUT2D eigenvalue weighted by atomic mass is 35.5. The molecule has 6 nitrogen and oxygen atoms in total. The second kappa shape index (κ2) is 10.2. The van der Waals surface area contributed by atoms with Crippen molar-refractivity contribution in [3.8, 4) is 0 Å². The SMILES string of the molecule is CN1CCN(CC(O)COC(N)=CC=NC2C=C(Cl)C(Cl)=CC2)CC1. The number of ether oxygens (including phenoxy) is 1. The molecule has 25 heavy (non-hydrogen) atoms. The van der Waals surface area contributed by atoms with Gasteiger partial charge in [-0.2, -0.15) is 0 Å². The van der Waals surface area contributed by atoms with E-state index in [2.05, 4.69) is 21.8 Å². The van der Waals surface area contributed by atoms with Crippen molar-refractivity contribution in [1.29, 1.82) is 0 Å². The third-order valence-corrected chi connectivity index (χ3v) is 4.91. The average Bonchev–Trinajstić information content (AvgIpc) is 2.58. The van der Waals surface area contributed by atoms with Gasteiger partial charge in [0.25, 0.3) is 0 Å². The standard InChI is InChI=1S/C17H26Cl2N4O2/c1-22-6-8-23(9-7-22)11-14(24)12-25-17(20)4-5-21-13-2-3-15(18)16(19)10-13/h3-5,10,13-14,24H,2,6-9,11-12,20H2,1H3. The summed E-state index contributed by atoms with van der Waals surface area (Å²) in [5.74, 6) is 0.223. The van der Waals surface area contributed by atoms with Crippen molar-refractivity contribution in [2.75, 3.05) is 46.4 Å². The van der Waals surface area contributed by atoms with Gasteiger partial charge in [0.1, 0.15) is 12.7 Å². The zero-order valence-corrected chi connectivity index (χ0v) is 16.0. The molecule has 2 aliphatic rings. The van der Waals surface area contributed by atoms with Gasteiger partial charge in [0.2, 0.25) is 0 Å². The van der Waals surface area contributed by atoms with E-state index in [1.807, 2.05) is 6.08 Å². The first kappa shape index (κ1) is 20.3. The van der Waals surface area contributed by atoms with Crippen LogP contribution in [-0.2, 0) is 4.74 Å². The highest BCUT2D eigenvalue weighted by Gasteiger charge is 2.17. The average molecular weight is 389 g/mol. The predicted molar refractivity (Wildman–Crippen MR) is 103 cm³/mol. The molecule has 0 spiro atoms. The number of rotatable bonds is 7. The van der Waals surface area contributed by atoms with Crippen LogP contribution in [0.5, 0.6) is 0 Å². The number of halogens is 2. The molecular formula is C17H26Cl2N4O2. The molecule has 0 aromatic rings. The van der Waals surface area contributed by atoms with Crippen LogP contribution in [0.15, 0.2) is 39.2 Å². The lowest BCUT2D eigenvalue weighted by Gasteiger charge is -2.33. The third kappa shape index (κ3) is 7.38. The van der Waals surface area contributed by atoms with E-state index in [1.54, 1.807) is 18.4 Å². The van der Waals surface area contributed by atoms with Crippen molar-refractivity contribution in [1.82, 2.24) is 9.80 Å². The minimum absolute atomic E-state index is 0.0538. The van der Waals surface area contributed by atoms with Gasteiger partial charge in [-0.15, -0.1) is 0 Å². The van der Waals surface area contributed by atoms with E-state index < -0.39 is 6.10 Å². The zero-order valence-electron chi connectivity index (χ0n) is 14.4. The number of piperazine rings is 1. The number of aliphatic imine (C=N–C) groups is 1. The number of nitrogens with two attached hydrogens (primary N) is 1. The quantitative estimate of drug-likeness (QED) is 0.510. The molecule has 0 aromatic carbocycles. The summed E-state index contributed by atoms with van der Waals surface area (Å²) >= 11 is 11.9. The molecule has 2 rings (SSSR count). The van der Waals surface area contributed by atoms with Gasteiger partial charge in [-0.25, -0.2) is 0 Å². The lowest BCUT2D eigenvalue weighted by Crippen LogP contribution is -2.47. The fourth-order valence-corrected chi connectivity index (χ4v) is 2.97. The van der Waals surface area contributed by atoms with Gasteiger partial charge in [0.15, 0.2) is 5.88 Å². The van der Waals surface area contributed by atoms with Gasteiger partial charge in [-0.3, -0.25) is 9.89 Å². The summed E-state index contributed by atoms with van der Waals surface area (Å²) in [4.78, 5) is 8.84. The van der Waals surface area contributed by atoms with Crippen molar-refractivity contribution in [3.05, 3.63) is 34.2 Å². The van der Waals surface area contributed by atoms with E-state index in [1.165, 1.54) is 0 Å². The zero-order chi connectivity index (χ0) is 18.2. The number of likely N-dealkylation sites (N-methyl/N-ethyl adjacent to an activating group) is 1. The Hall–Kier alpha value is -1.05. The van der Waals surface area contributed by atoms with Gasteiger partial charge in [0, 0.05) is 45.0 Å². The van der Waals surface area contributed by atoms with Crippen molar-refractivity contribution < 1.29 is 9.84 Å². The summed E-state index contributed by atoms with van der Waals surface area (Å²) in [6, 6.07) is -0.0538. The van der Waals surface area contributed by atoms with E-state index in [9.17, 15) is 5.11 Å². The topological polar surface area (TPSA) is 74.3 Å². The number of β-amino-alcohol motifs (C(OH)–C–C–N with tert-alkyl or cyclic N) is 1. The summed E-state index contributed by atoms with van der Waals surface area (Å²) in [6.07, 6.45) is 6.92. The Bertz CT molecular complexity index is 555. The van der Waals surface area contributed by atoms with Gasteiger partial charge in [0.05, 0.1) is 16.1 Å². The first-order chi connectivity index (χ1) is 11.9. The third-order valence-electron chi connectivity index (χ3n) is 4.13. The lowest BCUT2D eigenvalue weighted by atomic mass is 10.1. The molecule has 0 amide bonds. The lowest BCUT2D eigenvalue weighted by molar-refractivity contribution is 0.0303. The maximum Gasteiger partial charge on any atom is 0.185 e. The Kier molecular flexibility index (Phi) is 8.26. The molecule has 3 N–H and O–H groups in total. The smallest absolute Gasteiger partial charge is 0.185 e. The normalized spacial score (nSPS) is 25.0. The fourth-order valence-electron chi connectivity index (χ4n) is 2.59. The Labute approximate surface area is 159 Å². The van der Waals surface area contributed by atoms with E-state index in [4.69, 9.17) is 33.7 Å². The first-order valence-corrected chi connectivity index (χ1v) is 9.13. The Morgan fingerprint density at radius 3 is 2.80 bits per heavy atom. The highest BCUT2D eigenvalue weighted by Crippen LogP contribution is 2.26. The number of hydrogen-bond acceptors (Lipinski definition) is 6. The molecule has 0 saturated carbocycles. The van der Waals surface area contributed by atoms with E-state index in [-0.39, 0.29) is 18.5 Å². The first-order valence-electron chi connectivity index (χ1n) is 8.38. The molecule has 1 aliphatic carbocycles. The number of allylic oxidation sites excluding steroid dienone is 3. The molecule has 8 heteroatoms. The second-order valence-electron chi connectivity index (χ2n) is 6.31. The molecule has 0 bridgehead atoms. The summed E-state index contributed by atoms with van der Waals surface area (Å²) in [5.41, 5.74) is 5.78. The monoisotopic (exact) mass is 388 g/mol. The van der Waals surface area contributed by atoms with Crippen LogP contribution < -0.4 is 5.73 Å². The molecule has 1 saturated heterocycles. The van der Waals surface area contributed by atoms with Crippen molar-refractivity contribution in [2.24, 2.45) is 10.7 Å². The van der Waals surface area contributed by atoms with Crippen LogP contribution in [0.1, 0.15) is 6.42 Å². The largest absolute Gasteiger partial charge is 0.477 e. The fraction of sp³-hybridized carbons (Fsp3) is 0.588. The maximum absolute atomic E-state index is 10.1. The van der Waals surface area contributed by atoms with Crippen LogP contribution in [0, 0.1) is 0 Å². The van der Waals surface area contributed by atoms with Gasteiger partial charge < -0.3 is 20.5 Å². The summed E-state index contributed by atoms with van der Waals surface area (Å²) < 4.78 is 5.38. The van der Waals surface area contributed by atoms with Gasteiger partial charge >= 0.3 is 0 Å². The van der Waals surface area contributed by atoms with E-state index in [0.29, 0.717) is 23.0 Å². The number of nitrogens with zero attached hydrogens (tertiary/aromatic N) is 3. The van der Waals surface area contributed by atoms with Crippen LogP contribution in [0.25, 0.3) is 0 Å². The molecule has 140 valence electrons. The molecule has 1 aliphatic heterocycles. The van der Waals surface area contributed by atoms with Gasteiger partial charge in [-0.05, 0) is 19.5 Å². The molecule has 2 unspecified atom stereocenters. The van der Waals surface area contributed by atoms with E-state index in [0.717, 1.165) is 26.2 Å². The maximum atomic E-state index is 10.1. The predicted octanol–water partition coefficient (Wildman–Crippen LogP) is 1.50. The molecule has 2 atom stereocenters. The van der Waals surface area contributed by atoms with E-state index >= 15 is 0 Å². The summed E-state index contributed by atoms with van der Waals surface area (Å²) in [5, 5.41) is 11.1. The minimum Gasteiger partial charge on any atom is -0.477 e. The minimum atomic E-state index is -0.570. The Morgan fingerprint density at radius 1 is 1.40 bits per heavy atom. The Balaban J connectivity index is 1.68.